The minimum atomic E-state index is -3.75. The van der Waals surface area contributed by atoms with Gasteiger partial charge in [-0.1, -0.05) is 0 Å². The lowest BCUT2D eigenvalue weighted by Gasteiger charge is -2.22. The molecule has 17 heteroatoms. The lowest BCUT2D eigenvalue weighted by Crippen LogP contribution is -2.40. The molecule has 14 nitrogen and oxygen atoms in total. The van der Waals surface area contributed by atoms with Gasteiger partial charge in [-0.25, -0.2) is 36.2 Å². The van der Waals surface area contributed by atoms with Gasteiger partial charge in [0.15, 0.2) is 10.1 Å². The lowest BCUT2D eigenvalue weighted by molar-refractivity contribution is 0.0774. The van der Waals surface area contributed by atoms with E-state index in [9.17, 15) is 21.6 Å². The Hall–Kier alpha value is -3.45. The van der Waals surface area contributed by atoms with Crippen LogP contribution in [0.25, 0.3) is 22.4 Å². The number of sulfonamides is 2. The van der Waals surface area contributed by atoms with E-state index in [0.717, 1.165) is 41.3 Å². The molecule has 256 valence electrons. The van der Waals surface area contributed by atoms with Gasteiger partial charge in [0.1, 0.15) is 11.3 Å². The van der Waals surface area contributed by atoms with Crippen molar-refractivity contribution in [1.82, 2.24) is 32.8 Å². The maximum atomic E-state index is 12.9. The van der Waals surface area contributed by atoms with Crippen LogP contribution in [0.4, 0.5) is 0 Å². The number of rotatable bonds is 7. The zero-order valence-electron chi connectivity index (χ0n) is 26.4. The summed E-state index contributed by atoms with van der Waals surface area (Å²) in [6.45, 7) is 3.91. The van der Waals surface area contributed by atoms with Gasteiger partial charge in [0.05, 0.1) is 25.6 Å². The number of imidazole rings is 2. The van der Waals surface area contributed by atoms with Crippen molar-refractivity contribution in [3.8, 4) is 11.1 Å². The number of halogens is 1. The van der Waals surface area contributed by atoms with Crippen LogP contribution < -0.4 is 15.0 Å². The number of hydrogen-bond acceptors (Lipinski definition) is 9. The molecule has 5 aromatic rings. The van der Waals surface area contributed by atoms with Gasteiger partial charge in [-0.3, -0.25) is 13.6 Å². The van der Waals surface area contributed by atoms with Gasteiger partial charge in [-0.05, 0) is 90.0 Å². The predicted molar refractivity (Wildman–Crippen MR) is 182 cm³/mol. The fraction of sp³-hybridized carbons (Fsp3) is 0.387. The Morgan fingerprint density at radius 1 is 0.792 bits per heavy atom. The number of hydrogen-bond donors (Lipinski definition) is 2. The van der Waals surface area contributed by atoms with Crippen molar-refractivity contribution in [3.05, 3.63) is 81.7 Å². The summed E-state index contributed by atoms with van der Waals surface area (Å²) in [5.74, 6) is 0. The number of ether oxygens (including phenoxy) is 2. The van der Waals surface area contributed by atoms with Gasteiger partial charge in [0.25, 0.3) is 25.6 Å². The number of pyridine rings is 3. The summed E-state index contributed by atoms with van der Waals surface area (Å²) in [4.78, 5) is 20.3. The highest BCUT2D eigenvalue weighted by atomic mass is 79.9. The van der Waals surface area contributed by atoms with E-state index in [2.05, 4.69) is 35.3 Å². The van der Waals surface area contributed by atoms with Crippen molar-refractivity contribution in [2.24, 2.45) is 7.05 Å². The highest BCUT2D eigenvalue weighted by Gasteiger charge is 2.26. The average Bonchev–Trinajstić information content (AvgIpc) is 3.69. The second kappa shape index (κ2) is 14.2. The third-order valence-corrected chi connectivity index (χ3v) is 11.6. The van der Waals surface area contributed by atoms with Crippen LogP contribution in [0, 0.1) is 6.92 Å². The SMILES string of the molecule is Cc1cc(-c2ccc3ncc(S(=O)(=O)NC4CCCOC4)n3c2)cn(C)c1=O.O=S(=O)(NC1CCCOC1)c1cnc2ccc(Br)cn12. The van der Waals surface area contributed by atoms with Crippen LogP contribution in [0.5, 0.6) is 0 Å². The molecular weight excluding hydrogens is 726 g/mol. The Morgan fingerprint density at radius 3 is 1.85 bits per heavy atom. The standard InChI is InChI=1S/C19H22N4O4S.C12H14BrN3O3S/c1-13-8-15(10-22(2)19(13)24)14-5-6-17-20-9-18(23(17)11-14)28(25,26)21-16-4-3-7-27-12-16;13-9-3-4-11-14-6-12(16(11)7-9)20(17,18)15-10-2-1-5-19-8-10/h5-6,8-11,16,21H,3-4,7,12H2,1-2H3;3-4,6-7,10,15H,1-2,5,8H2. The molecule has 2 saturated heterocycles. The number of aryl methyl sites for hydroxylation is 2. The number of aromatic nitrogens is 5. The van der Waals surface area contributed by atoms with Crippen LogP contribution in [0.15, 0.2) is 80.6 Å². The Morgan fingerprint density at radius 2 is 1.33 bits per heavy atom. The Bertz CT molecular complexity index is 2190. The summed E-state index contributed by atoms with van der Waals surface area (Å²) >= 11 is 3.33. The monoisotopic (exact) mass is 761 g/mol. The van der Waals surface area contributed by atoms with Crippen LogP contribution in [-0.2, 0) is 36.6 Å². The Balaban J connectivity index is 0.000000177. The first kappa shape index (κ1) is 34.4. The summed E-state index contributed by atoms with van der Waals surface area (Å²) in [7, 11) is -5.67. The number of nitrogens with one attached hydrogen (secondary N) is 2. The summed E-state index contributed by atoms with van der Waals surface area (Å²) in [5.41, 5.74) is 3.31. The van der Waals surface area contributed by atoms with Gasteiger partial charge in [-0.2, -0.15) is 0 Å². The fourth-order valence-corrected chi connectivity index (χ4v) is 8.74. The third-order valence-electron chi connectivity index (χ3n) is 8.12. The molecule has 0 spiro atoms. The molecule has 2 aliphatic heterocycles. The topological polar surface area (TPSA) is 167 Å². The maximum absolute atomic E-state index is 12.9. The fourth-order valence-electron chi connectivity index (χ4n) is 5.72. The van der Waals surface area contributed by atoms with Gasteiger partial charge >= 0.3 is 0 Å². The molecule has 7 rings (SSSR count). The Kier molecular flexibility index (Phi) is 10.2. The van der Waals surface area contributed by atoms with Crippen LogP contribution >= 0.6 is 15.9 Å². The molecule has 0 radical (unpaired) electrons. The molecule has 2 aliphatic rings. The first-order valence-corrected chi connectivity index (χ1v) is 19.1. The zero-order chi connectivity index (χ0) is 34.1. The van der Waals surface area contributed by atoms with Crippen molar-refractivity contribution >= 4 is 47.3 Å². The van der Waals surface area contributed by atoms with Crippen LogP contribution in [0.1, 0.15) is 31.2 Å². The summed E-state index contributed by atoms with van der Waals surface area (Å²) in [6, 6.07) is 8.59. The minimum absolute atomic E-state index is 0.0605. The molecule has 0 aliphatic carbocycles. The van der Waals surface area contributed by atoms with E-state index >= 15 is 0 Å². The first-order chi connectivity index (χ1) is 22.9. The second-order valence-electron chi connectivity index (χ2n) is 11.8. The van der Waals surface area contributed by atoms with E-state index in [1.54, 1.807) is 59.6 Å². The normalized spacial score (nSPS) is 18.9. The van der Waals surface area contributed by atoms with Gasteiger partial charge in [0.2, 0.25) is 0 Å². The molecule has 7 heterocycles. The van der Waals surface area contributed by atoms with E-state index in [1.807, 2.05) is 12.1 Å². The smallest absolute Gasteiger partial charge is 0.258 e. The van der Waals surface area contributed by atoms with Crippen LogP contribution in [-0.4, -0.2) is 78.7 Å². The number of nitrogens with zero attached hydrogens (tertiary/aromatic N) is 5. The van der Waals surface area contributed by atoms with Gasteiger partial charge in [-0.15, -0.1) is 0 Å². The molecule has 2 fully saturated rings. The van der Waals surface area contributed by atoms with Gasteiger partial charge < -0.3 is 14.0 Å². The van der Waals surface area contributed by atoms with Crippen molar-refractivity contribution in [2.45, 2.75) is 54.7 Å². The molecule has 2 unspecified atom stereocenters. The highest BCUT2D eigenvalue weighted by molar-refractivity contribution is 9.10. The number of fused-ring (bicyclic) bond motifs is 2. The molecular formula is C31H36BrN7O7S2. The Labute approximate surface area is 286 Å². The molecule has 0 bridgehead atoms. The molecule has 0 aromatic carbocycles. The van der Waals surface area contributed by atoms with E-state index in [0.29, 0.717) is 43.3 Å². The van der Waals surface area contributed by atoms with Crippen LogP contribution in [0.2, 0.25) is 0 Å². The van der Waals surface area contributed by atoms with Crippen molar-refractivity contribution in [1.29, 1.82) is 0 Å². The second-order valence-corrected chi connectivity index (χ2v) is 16.1. The quantitative estimate of drug-likeness (QED) is 0.254. The zero-order valence-corrected chi connectivity index (χ0v) is 29.6. The molecule has 0 saturated carbocycles. The third kappa shape index (κ3) is 7.56. The summed E-state index contributed by atoms with van der Waals surface area (Å²) in [6.07, 6.45) is 11.1. The molecule has 48 heavy (non-hydrogen) atoms. The average molecular weight is 763 g/mol. The summed E-state index contributed by atoms with van der Waals surface area (Å²) in [5, 5.41) is 0.218. The van der Waals surface area contributed by atoms with Gasteiger partial charge in [0, 0.05) is 61.0 Å². The van der Waals surface area contributed by atoms with Crippen molar-refractivity contribution in [2.75, 3.05) is 26.4 Å². The molecule has 2 N–H and O–H groups in total. The van der Waals surface area contributed by atoms with Crippen molar-refractivity contribution in [3.63, 3.8) is 0 Å². The van der Waals surface area contributed by atoms with E-state index in [1.165, 1.54) is 17.0 Å². The maximum Gasteiger partial charge on any atom is 0.258 e. The lowest BCUT2D eigenvalue weighted by atomic mass is 10.1. The minimum Gasteiger partial charge on any atom is -0.380 e. The largest absolute Gasteiger partial charge is 0.380 e. The predicted octanol–water partition coefficient (Wildman–Crippen LogP) is 3.02. The van der Waals surface area contributed by atoms with E-state index in [-0.39, 0.29) is 27.7 Å². The molecule has 5 aromatic heterocycles. The molecule has 2 atom stereocenters. The molecule has 0 amide bonds. The van der Waals surface area contributed by atoms with E-state index in [4.69, 9.17) is 9.47 Å². The van der Waals surface area contributed by atoms with Crippen LogP contribution in [0.3, 0.4) is 0 Å². The highest BCUT2D eigenvalue weighted by Crippen LogP contribution is 2.23. The first-order valence-electron chi connectivity index (χ1n) is 15.4. The van der Waals surface area contributed by atoms with Crippen molar-refractivity contribution < 1.29 is 26.3 Å². The van der Waals surface area contributed by atoms with E-state index < -0.39 is 20.0 Å². The summed E-state index contributed by atoms with van der Waals surface area (Å²) < 4.78 is 72.2.